The van der Waals surface area contributed by atoms with Crippen molar-refractivity contribution in [3.8, 4) is 17.6 Å². The molecular weight excluding hydrogens is 810 g/mol. The maximum atomic E-state index is 14.4. The summed E-state index contributed by atoms with van der Waals surface area (Å²) >= 11 is 0. The van der Waals surface area contributed by atoms with Gasteiger partial charge in [0.15, 0.2) is 0 Å². The number of nitrogens with zero attached hydrogens (tertiary/aromatic N) is 3. The first kappa shape index (κ1) is 52.1. The van der Waals surface area contributed by atoms with Crippen molar-refractivity contribution >= 4 is 14.4 Å². The predicted octanol–water partition coefficient (Wildman–Crippen LogP) is 12.4. The molecule has 0 saturated carbocycles. The summed E-state index contributed by atoms with van der Waals surface area (Å²) < 4.78 is 39.2. The minimum Gasteiger partial charge on any atom is -0.497 e. The van der Waals surface area contributed by atoms with E-state index < -0.39 is 14.1 Å². The summed E-state index contributed by atoms with van der Waals surface area (Å²) in [5.41, 5.74) is 1.83. The average Bonchev–Trinajstić information content (AvgIpc) is 3.70. The minimum absolute atomic E-state index is 0.135. The predicted molar refractivity (Wildman–Crippen MR) is 255 cm³/mol. The van der Waals surface area contributed by atoms with Crippen LogP contribution in [0.2, 0.25) is 0 Å². The third kappa shape index (κ3) is 16.4. The fourth-order valence-corrected chi connectivity index (χ4v) is 10.5. The van der Waals surface area contributed by atoms with E-state index in [0.29, 0.717) is 26.0 Å². The number of hydrogen-bond acceptors (Lipinski definition) is 9. The molecular formula is C52H78N3O7P. The van der Waals surface area contributed by atoms with E-state index in [1.807, 2.05) is 47.4 Å². The van der Waals surface area contributed by atoms with Crippen LogP contribution in [-0.4, -0.2) is 87.4 Å². The first-order chi connectivity index (χ1) is 30.7. The molecule has 63 heavy (non-hydrogen) atoms. The zero-order valence-electron chi connectivity index (χ0n) is 39.6. The lowest BCUT2D eigenvalue weighted by Gasteiger charge is -2.38. The molecule has 10 nitrogen and oxygen atoms in total. The van der Waals surface area contributed by atoms with Crippen LogP contribution in [0.25, 0.3) is 0 Å². The van der Waals surface area contributed by atoms with E-state index in [1.54, 1.807) is 21.3 Å². The Balaban J connectivity index is 1.51. The highest BCUT2D eigenvalue weighted by molar-refractivity contribution is 7.44. The molecule has 1 saturated heterocycles. The maximum absolute atomic E-state index is 14.4. The van der Waals surface area contributed by atoms with Gasteiger partial charge in [0.2, 0.25) is 5.91 Å². The molecule has 1 unspecified atom stereocenters. The largest absolute Gasteiger partial charge is 0.497 e. The standard InChI is InChI=1S/C52H78N3O7P/c1-42(2)55(43(3)4)63(61-38-24-36-53)62-50-39-47(54(40-50)51(56)27-22-17-15-13-11-9-8-10-12-14-16-18-23-37-57-5)41-60-52(44-25-20-19-21-26-44,45-28-32-48(58-6)33-29-45)46-30-34-49(59-7)35-31-46/h19-21,25-26,28-35,42-43,47,50H,8-18,22-24,27,37-41H2,1-7H3/t47-,50+,63?/m0/s1. The molecule has 11 heteroatoms. The SMILES string of the molecule is COCCCCCCCCCCCCCCCC(=O)N1C[C@H](OP(OCCC#N)N(C(C)C)C(C)C)C[C@H]1COC(c1ccccc1)(c1ccc(OC)cc1)c1ccc(OC)cc1. The third-order valence-corrected chi connectivity index (χ3v) is 14.2. The van der Waals surface area contributed by atoms with Gasteiger partial charge in [0.25, 0.3) is 8.53 Å². The Morgan fingerprint density at radius 2 is 1.21 bits per heavy atom. The summed E-state index contributed by atoms with van der Waals surface area (Å²) in [5, 5.41) is 9.33. The van der Waals surface area contributed by atoms with Crippen LogP contribution in [0.5, 0.6) is 11.5 Å². The highest BCUT2D eigenvalue weighted by Gasteiger charge is 2.43. The Morgan fingerprint density at radius 1 is 0.714 bits per heavy atom. The number of ether oxygens (including phenoxy) is 4. The molecule has 3 aromatic rings. The minimum atomic E-state index is -1.49. The Labute approximate surface area is 381 Å². The number of amides is 1. The molecule has 4 rings (SSSR count). The van der Waals surface area contributed by atoms with Gasteiger partial charge < -0.3 is 32.9 Å². The molecule has 0 aliphatic carbocycles. The van der Waals surface area contributed by atoms with Gasteiger partial charge in [0, 0.05) is 38.8 Å². The quantitative estimate of drug-likeness (QED) is 0.0344. The summed E-state index contributed by atoms with van der Waals surface area (Å²) in [6.45, 7) is 10.5. The lowest BCUT2D eigenvalue weighted by molar-refractivity contribution is -0.134. The van der Waals surface area contributed by atoms with Gasteiger partial charge in [-0.3, -0.25) is 4.79 Å². The van der Waals surface area contributed by atoms with E-state index >= 15 is 0 Å². The molecule has 0 radical (unpaired) electrons. The van der Waals surface area contributed by atoms with Crippen molar-refractivity contribution in [2.24, 2.45) is 0 Å². The normalized spacial score (nSPS) is 15.9. The summed E-state index contributed by atoms with van der Waals surface area (Å²) in [5.74, 6) is 1.64. The van der Waals surface area contributed by atoms with Crippen molar-refractivity contribution in [1.82, 2.24) is 9.57 Å². The zero-order valence-corrected chi connectivity index (χ0v) is 40.5. The van der Waals surface area contributed by atoms with Crippen molar-refractivity contribution < 1.29 is 32.8 Å². The van der Waals surface area contributed by atoms with Gasteiger partial charge in [-0.05, 0) is 87.9 Å². The molecule has 0 bridgehead atoms. The van der Waals surface area contributed by atoms with Crippen LogP contribution < -0.4 is 9.47 Å². The van der Waals surface area contributed by atoms with Crippen molar-refractivity contribution in [2.45, 2.75) is 160 Å². The van der Waals surface area contributed by atoms with E-state index in [4.69, 9.17) is 28.0 Å². The molecule has 0 aromatic heterocycles. The summed E-state index contributed by atoms with van der Waals surface area (Å²) in [7, 11) is 3.63. The van der Waals surface area contributed by atoms with E-state index in [1.165, 1.54) is 64.2 Å². The summed E-state index contributed by atoms with van der Waals surface area (Å²) in [6, 6.07) is 28.7. The second kappa shape index (κ2) is 29.1. The molecule has 3 aromatic carbocycles. The Morgan fingerprint density at radius 3 is 1.68 bits per heavy atom. The second-order valence-corrected chi connectivity index (χ2v) is 18.8. The van der Waals surface area contributed by atoms with Crippen LogP contribution in [0.4, 0.5) is 0 Å². The van der Waals surface area contributed by atoms with E-state index in [-0.39, 0.29) is 43.2 Å². The number of carbonyl (C=O) groups is 1. The number of hydrogen-bond donors (Lipinski definition) is 0. The monoisotopic (exact) mass is 888 g/mol. The number of benzene rings is 3. The van der Waals surface area contributed by atoms with E-state index in [0.717, 1.165) is 54.1 Å². The number of methoxy groups -OCH3 is 3. The fourth-order valence-electron chi connectivity index (χ4n) is 8.74. The first-order valence-electron chi connectivity index (χ1n) is 23.7. The van der Waals surface area contributed by atoms with Gasteiger partial charge in [-0.25, -0.2) is 4.67 Å². The second-order valence-electron chi connectivity index (χ2n) is 17.4. The molecule has 1 heterocycles. The Kier molecular flexibility index (Phi) is 24.0. The summed E-state index contributed by atoms with van der Waals surface area (Å²) in [6.07, 6.45) is 17.0. The van der Waals surface area contributed by atoms with E-state index in [9.17, 15) is 10.1 Å². The first-order valence-corrected chi connectivity index (χ1v) is 24.8. The lowest BCUT2D eigenvalue weighted by Crippen LogP contribution is -2.42. The van der Waals surface area contributed by atoms with E-state index in [2.05, 4.69) is 74.8 Å². The Bertz CT molecular complexity index is 1660. The molecule has 1 fully saturated rings. The zero-order chi connectivity index (χ0) is 45.3. The van der Waals surface area contributed by atoms with Crippen molar-refractivity contribution in [1.29, 1.82) is 5.26 Å². The third-order valence-electron chi connectivity index (χ3n) is 12.0. The fraction of sp³-hybridized carbons (Fsp3) is 0.615. The van der Waals surface area contributed by atoms with Gasteiger partial charge in [-0.1, -0.05) is 125 Å². The molecule has 1 amide bonds. The van der Waals surface area contributed by atoms with Gasteiger partial charge in [-0.15, -0.1) is 0 Å². The number of rotatable bonds is 32. The highest BCUT2D eigenvalue weighted by Crippen LogP contribution is 2.49. The van der Waals surface area contributed by atoms with Crippen LogP contribution >= 0.6 is 8.53 Å². The van der Waals surface area contributed by atoms with Crippen LogP contribution in [0.3, 0.4) is 0 Å². The highest BCUT2D eigenvalue weighted by atomic mass is 31.2. The van der Waals surface area contributed by atoms with Crippen LogP contribution in [0.1, 0.15) is 147 Å². The summed E-state index contributed by atoms with van der Waals surface area (Å²) in [4.78, 5) is 16.4. The van der Waals surface area contributed by atoms with Gasteiger partial charge in [0.05, 0.1) is 52.1 Å². The topological polar surface area (TPSA) is 103 Å². The molecule has 348 valence electrons. The molecule has 1 aliphatic heterocycles. The smallest absolute Gasteiger partial charge is 0.259 e. The van der Waals surface area contributed by atoms with Crippen LogP contribution in [0, 0.1) is 11.3 Å². The van der Waals surface area contributed by atoms with Crippen molar-refractivity contribution in [3.05, 3.63) is 95.6 Å². The van der Waals surface area contributed by atoms with Gasteiger partial charge in [-0.2, -0.15) is 5.26 Å². The molecule has 3 atom stereocenters. The Hall–Kier alpha value is -3.55. The van der Waals surface area contributed by atoms with Crippen molar-refractivity contribution in [2.75, 3.05) is 47.7 Å². The molecule has 1 aliphatic rings. The number of nitriles is 1. The van der Waals surface area contributed by atoms with Crippen molar-refractivity contribution in [3.63, 3.8) is 0 Å². The van der Waals surface area contributed by atoms with Gasteiger partial charge >= 0.3 is 0 Å². The van der Waals surface area contributed by atoms with Gasteiger partial charge in [0.1, 0.15) is 17.1 Å². The number of likely N-dealkylation sites (tertiary alicyclic amines) is 1. The average molecular weight is 888 g/mol. The molecule has 0 N–H and O–H groups in total. The number of unbranched alkanes of at least 4 members (excludes halogenated alkanes) is 12. The molecule has 0 spiro atoms. The lowest BCUT2D eigenvalue weighted by atomic mass is 9.80. The maximum Gasteiger partial charge on any atom is 0.259 e. The number of carbonyl (C=O) groups excluding carboxylic acids is 1. The van der Waals surface area contributed by atoms with Crippen LogP contribution in [0.15, 0.2) is 78.9 Å². The van der Waals surface area contributed by atoms with Crippen LogP contribution in [-0.2, 0) is 28.9 Å².